The summed E-state index contributed by atoms with van der Waals surface area (Å²) in [5.41, 5.74) is 1.77. The molecule has 2 rings (SSSR count). The first kappa shape index (κ1) is 14.5. The number of aromatic nitrogens is 1. The Bertz CT molecular complexity index is 566. The summed E-state index contributed by atoms with van der Waals surface area (Å²) in [4.78, 5) is 16.3. The summed E-state index contributed by atoms with van der Waals surface area (Å²) in [5.74, 6) is 0.0595. The quantitative estimate of drug-likeness (QED) is 0.783. The molecule has 0 atom stereocenters. The van der Waals surface area contributed by atoms with Crippen molar-refractivity contribution in [3.8, 4) is 0 Å². The highest BCUT2D eigenvalue weighted by atomic mass is 16.1. The molecule has 0 saturated carbocycles. The van der Waals surface area contributed by atoms with Gasteiger partial charge in [-0.05, 0) is 18.6 Å². The van der Waals surface area contributed by atoms with E-state index in [2.05, 4.69) is 17.2 Å². The van der Waals surface area contributed by atoms with Gasteiger partial charge in [0, 0.05) is 11.9 Å². The predicted molar refractivity (Wildman–Crippen MR) is 82.6 cm³/mol. The third-order valence-corrected chi connectivity index (χ3v) is 3.35. The number of carbonyl (C=O) groups is 1. The fraction of sp³-hybridized carbons (Fsp3) is 0.412. The number of fused-ring (bicyclic) bond motifs is 1. The Morgan fingerprint density at radius 1 is 1.10 bits per heavy atom. The number of pyridine rings is 1. The van der Waals surface area contributed by atoms with Gasteiger partial charge >= 0.3 is 0 Å². The molecule has 0 aliphatic heterocycles. The summed E-state index contributed by atoms with van der Waals surface area (Å²) in [6.45, 7) is 2.95. The van der Waals surface area contributed by atoms with Gasteiger partial charge in [-0.25, -0.2) is 0 Å². The molecule has 0 fully saturated rings. The number of unbranched alkanes of at least 4 members (excludes halogenated alkanes) is 3. The molecular formula is C17H22N2O. The van der Waals surface area contributed by atoms with Crippen molar-refractivity contribution in [3.05, 3.63) is 42.1 Å². The molecule has 20 heavy (non-hydrogen) atoms. The summed E-state index contributed by atoms with van der Waals surface area (Å²) < 4.78 is 0. The maximum absolute atomic E-state index is 11.8. The number of hydrogen-bond donors (Lipinski definition) is 1. The van der Waals surface area contributed by atoms with Gasteiger partial charge in [0.1, 0.15) is 0 Å². The van der Waals surface area contributed by atoms with Crippen LogP contribution in [-0.2, 0) is 11.2 Å². The second-order valence-corrected chi connectivity index (χ2v) is 5.08. The van der Waals surface area contributed by atoms with Crippen LogP contribution in [0.25, 0.3) is 10.9 Å². The first-order valence-corrected chi connectivity index (χ1v) is 7.41. The van der Waals surface area contributed by atoms with Gasteiger partial charge < -0.3 is 5.32 Å². The fourth-order valence-corrected chi connectivity index (χ4v) is 2.21. The minimum absolute atomic E-state index is 0.0595. The van der Waals surface area contributed by atoms with Gasteiger partial charge in [0.25, 0.3) is 0 Å². The van der Waals surface area contributed by atoms with E-state index in [1.165, 1.54) is 19.3 Å². The molecule has 1 aromatic carbocycles. The predicted octanol–water partition coefficient (Wildman–Crippen LogP) is 3.47. The molecule has 0 radical (unpaired) electrons. The molecule has 0 saturated heterocycles. The molecule has 0 spiro atoms. The highest BCUT2D eigenvalue weighted by molar-refractivity contribution is 5.81. The van der Waals surface area contributed by atoms with Crippen molar-refractivity contribution in [1.82, 2.24) is 10.3 Å². The van der Waals surface area contributed by atoms with Crippen molar-refractivity contribution in [2.75, 3.05) is 6.54 Å². The minimum Gasteiger partial charge on any atom is -0.356 e. The first-order valence-electron chi connectivity index (χ1n) is 7.41. The lowest BCUT2D eigenvalue weighted by Crippen LogP contribution is -2.26. The van der Waals surface area contributed by atoms with Gasteiger partial charge in [0.2, 0.25) is 5.91 Å². The zero-order valence-electron chi connectivity index (χ0n) is 12.1. The van der Waals surface area contributed by atoms with Crippen LogP contribution >= 0.6 is 0 Å². The highest BCUT2D eigenvalue weighted by Crippen LogP contribution is 2.11. The van der Waals surface area contributed by atoms with E-state index in [-0.39, 0.29) is 5.91 Å². The molecule has 0 unspecified atom stereocenters. The van der Waals surface area contributed by atoms with E-state index in [9.17, 15) is 4.79 Å². The molecule has 1 amide bonds. The van der Waals surface area contributed by atoms with Crippen LogP contribution in [0.15, 0.2) is 36.4 Å². The monoisotopic (exact) mass is 270 g/mol. The van der Waals surface area contributed by atoms with Crippen LogP contribution in [0.4, 0.5) is 0 Å². The number of para-hydroxylation sites is 1. The van der Waals surface area contributed by atoms with Crippen molar-refractivity contribution in [2.24, 2.45) is 0 Å². The number of nitrogens with zero attached hydrogens (tertiary/aromatic N) is 1. The van der Waals surface area contributed by atoms with Gasteiger partial charge in [-0.1, -0.05) is 50.5 Å². The Labute approximate surface area is 120 Å². The van der Waals surface area contributed by atoms with Crippen molar-refractivity contribution < 1.29 is 4.79 Å². The summed E-state index contributed by atoms with van der Waals surface area (Å²) in [6, 6.07) is 11.9. The smallest absolute Gasteiger partial charge is 0.226 e. The molecule has 3 nitrogen and oxygen atoms in total. The van der Waals surface area contributed by atoms with Crippen LogP contribution in [0, 0.1) is 0 Å². The largest absolute Gasteiger partial charge is 0.356 e. The van der Waals surface area contributed by atoms with Crippen LogP contribution in [0.1, 0.15) is 38.3 Å². The first-order chi connectivity index (χ1) is 9.79. The van der Waals surface area contributed by atoms with E-state index >= 15 is 0 Å². The van der Waals surface area contributed by atoms with Crippen LogP contribution in [-0.4, -0.2) is 17.4 Å². The molecular weight excluding hydrogens is 248 g/mol. The third kappa shape index (κ3) is 4.34. The number of rotatable bonds is 7. The van der Waals surface area contributed by atoms with Crippen LogP contribution < -0.4 is 5.32 Å². The molecule has 1 heterocycles. The van der Waals surface area contributed by atoms with Gasteiger partial charge in [-0.3, -0.25) is 9.78 Å². The zero-order chi connectivity index (χ0) is 14.2. The normalized spacial score (nSPS) is 10.7. The summed E-state index contributed by atoms with van der Waals surface area (Å²) >= 11 is 0. The van der Waals surface area contributed by atoms with Crippen molar-refractivity contribution in [3.63, 3.8) is 0 Å². The number of benzene rings is 1. The topological polar surface area (TPSA) is 42.0 Å². The molecule has 3 heteroatoms. The SMILES string of the molecule is CCCCCCNC(=O)Cc1ccc2ccccc2n1. The molecule has 1 N–H and O–H groups in total. The van der Waals surface area contributed by atoms with Gasteiger partial charge in [-0.15, -0.1) is 0 Å². The van der Waals surface area contributed by atoms with Gasteiger partial charge in [0.15, 0.2) is 0 Å². The third-order valence-electron chi connectivity index (χ3n) is 3.35. The van der Waals surface area contributed by atoms with Gasteiger partial charge in [0.05, 0.1) is 17.6 Å². The van der Waals surface area contributed by atoms with Crippen molar-refractivity contribution in [1.29, 1.82) is 0 Å². The van der Waals surface area contributed by atoms with E-state index < -0.39 is 0 Å². The second-order valence-electron chi connectivity index (χ2n) is 5.08. The maximum atomic E-state index is 11.8. The lowest BCUT2D eigenvalue weighted by Gasteiger charge is -2.05. The Balaban J connectivity index is 1.83. The Morgan fingerprint density at radius 2 is 1.95 bits per heavy atom. The molecule has 1 aromatic heterocycles. The lowest BCUT2D eigenvalue weighted by molar-refractivity contribution is -0.120. The van der Waals surface area contributed by atoms with Crippen LogP contribution in [0.3, 0.4) is 0 Å². The summed E-state index contributed by atoms with van der Waals surface area (Å²) in [5, 5.41) is 4.07. The van der Waals surface area contributed by atoms with E-state index in [1.807, 2.05) is 36.4 Å². The lowest BCUT2D eigenvalue weighted by atomic mass is 10.1. The molecule has 2 aromatic rings. The minimum atomic E-state index is 0.0595. The summed E-state index contributed by atoms with van der Waals surface area (Å²) in [6.07, 6.45) is 5.06. The Morgan fingerprint density at radius 3 is 2.80 bits per heavy atom. The molecule has 0 aliphatic rings. The highest BCUT2D eigenvalue weighted by Gasteiger charge is 2.04. The molecule has 0 aliphatic carbocycles. The average molecular weight is 270 g/mol. The fourth-order valence-electron chi connectivity index (χ4n) is 2.21. The van der Waals surface area contributed by atoms with Crippen molar-refractivity contribution in [2.45, 2.75) is 39.0 Å². The van der Waals surface area contributed by atoms with Crippen LogP contribution in [0.5, 0.6) is 0 Å². The second kappa shape index (κ2) is 7.63. The summed E-state index contributed by atoms with van der Waals surface area (Å²) in [7, 11) is 0. The average Bonchev–Trinajstić information content (AvgIpc) is 2.47. The molecule has 106 valence electrons. The van der Waals surface area contributed by atoms with E-state index in [1.54, 1.807) is 0 Å². The van der Waals surface area contributed by atoms with Crippen molar-refractivity contribution >= 4 is 16.8 Å². The maximum Gasteiger partial charge on any atom is 0.226 e. The number of nitrogens with one attached hydrogen (secondary N) is 1. The standard InChI is InChI=1S/C17H22N2O/c1-2-3-4-7-12-18-17(20)13-15-11-10-14-8-5-6-9-16(14)19-15/h5-6,8-11H,2-4,7,12-13H2,1H3,(H,18,20). The number of amides is 1. The Kier molecular flexibility index (Phi) is 5.54. The number of carbonyl (C=O) groups excluding carboxylic acids is 1. The zero-order valence-corrected chi connectivity index (χ0v) is 12.1. The molecule has 0 bridgehead atoms. The van der Waals surface area contributed by atoms with E-state index in [0.29, 0.717) is 6.42 Å². The van der Waals surface area contributed by atoms with Crippen LogP contribution in [0.2, 0.25) is 0 Å². The van der Waals surface area contributed by atoms with Gasteiger partial charge in [-0.2, -0.15) is 0 Å². The van der Waals surface area contributed by atoms with E-state index in [0.717, 1.165) is 29.6 Å². The number of hydrogen-bond acceptors (Lipinski definition) is 2. The Hall–Kier alpha value is -1.90. The van der Waals surface area contributed by atoms with E-state index in [4.69, 9.17) is 0 Å².